The summed E-state index contributed by atoms with van der Waals surface area (Å²) in [7, 11) is 0. The zero-order chi connectivity index (χ0) is 18.6. The van der Waals surface area contributed by atoms with Gasteiger partial charge in [-0.15, -0.1) is 0 Å². The van der Waals surface area contributed by atoms with Crippen LogP contribution in [-0.2, 0) is 13.0 Å². The molecule has 1 aromatic heterocycles. The van der Waals surface area contributed by atoms with E-state index in [-0.39, 0.29) is 6.61 Å². The van der Waals surface area contributed by atoms with E-state index in [1.807, 2.05) is 0 Å². The van der Waals surface area contributed by atoms with Gasteiger partial charge in [0.1, 0.15) is 0 Å². The van der Waals surface area contributed by atoms with Crippen LogP contribution < -0.4 is 4.57 Å². The van der Waals surface area contributed by atoms with Gasteiger partial charge >= 0.3 is 0 Å². The van der Waals surface area contributed by atoms with Crippen LogP contribution in [0.1, 0.15) is 68.7 Å². The highest BCUT2D eigenvalue weighted by Crippen LogP contribution is 2.36. The highest BCUT2D eigenvalue weighted by atomic mass is 32.1. The van der Waals surface area contributed by atoms with E-state index in [1.54, 1.807) is 11.3 Å². The van der Waals surface area contributed by atoms with E-state index >= 15 is 0 Å². The van der Waals surface area contributed by atoms with Crippen LogP contribution in [0.2, 0.25) is 0 Å². The van der Waals surface area contributed by atoms with E-state index in [0.29, 0.717) is 17.3 Å². The van der Waals surface area contributed by atoms with Gasteiger partial charge in [0, 0.05) is 25.5 Å². The topological polar surface area (TPSA) is 24.1 Å². The van der Waals surface area contributed by atoms with Gasteiger partial charge < -0.3 is 5.11 Å². The fraction of sp³-hybridized carbons (Fsp3) is 0.591. The third kappa shape index (κ3) is 5.65. The number of nitrogens with zero attached hydrogens (tertiary/aromatic N) is 1. The summed E-state index contributed by atoms with van der Waals surface area (Å²) >= 11 is 1.74. The first kappa shape index (κ1) is 20.1. The Kier molecular flexibility index (Phi) is 6.81. The Labute approximate surface area is 157 Å². The molecular weight excluding hydrogens is 326 g/mol. The summed E-state index contributed by atoms with van der Waals surface area (Å²) in [6.07, 6.45) is 1.97. The molecule has 1 aromatic carbocycles. The Bertz CT molecular complexity index is 664. The summed E-state index contributed by atoms with van der Waals surface area (Å²) in [5, 5.41) is 9.15. The van der Waals surface area contributed by atoms with E-state index in [1.165, 1.54) is 28.1 Å². The van der Waals surface area contributed by atoms with Crippen molar-refractivity contribution in [2.24, 2.45) is 11.3 Å². The molecule has 1 N–H and O–H groups in total. The van der Waals surface area contributed by atoms with Crippen molar-refractivity contribution in [3.8, 4) is 0 Å². The number of aromatic nitrogens is 1. The Balaban J connectivity index is 2.13. The van der Waals surface area contributed by atoms with Crippen molar-refractivity contribution < 1.29 is 9.67 Å². The van der Waals surface area contributed by atoms with Crippen LogP contribution in [0.3, 0.4) is 0 Å². The lowest BCUT2D eigenvalue weighted by molar-refractivity contribution is -0.689. The quantitative estimate of drug-likeness (QED) is 0.682. The van der Waals surface area contributed by atoms with E-state index in [2.05, 4.69) is 75.9 Å². The molecule has 138 valence electrons. The van der Waals surface area contributed by atoms with E-state index < -0.39 is 0 Å². The van der Waals surface area contributed by atoms with Gasteiger partial charge in [-0.25, -0.2) is 0 Å². The smallest absolute Gasteiger partial charge is 0.225 e. The second-order valence-electron chi connectivity index (χ2n) is 8.69. The molecule has 0 aliphatic rings. The molecule has 1 unspecified atom stereocenters. The average Bonchev–Trinajstić information content (AvgIpc) is 2.86. The van der Waals surface area contributed by atoms with Crippen LogP contribution in [0.25, 0.3) is 0 Å². The summed E-state index contributed by atoms with van der Waals surface area (Å²) in [6.45, 7) is 14.9. The summed E-state index contributed by atoms with van der Waals surface area (Å²) in [5.74, 6) is 1.26. The lowest BCUT2D eigenvalue weighted by atomic mass is 9.76. The molecule has 3 heteroatoms. The van der Waals surface area contributed by atoms with Crippen molar-refractivity contribution in [3.05, 3.63) is 51.5 Å². The molecule has 2 aromatic rings. The zero-order valence-electron chi connectivity index (χ0n) is 16.7. The van der Waals surface area contributed by atoms with Gasteiger partial charge in [-0.3, -0.25) is 0 Å². The Hall–Kier alpha value is -1.19. The van der Waals surface area contributed by atoms with Gasteiger partial charge in [0.25, 0.3) is 0 Å². The summed E-state index contributed by atoms with van der Waals surface area (Å²) in [6, 6.07) is 9.21. The number of aliphatic hydroxyl groups excluding tert-OH is 1. The molecular formula is C22H34NOS+. The van der Waals surface area contributed by atoms with Crippen molar-refractivity contribution in [3.63, 3.8) is 0 Å². The predicted octanol–water partition coefficient (Wildman–Crippen LogP) is 5.10. The predicted molar refractivity (Wildman–Crippen MR) is 107 cm³/mol. The minimum absolute atomic E-state index is 0.223. The van der Waals surface area contributed by atoms with Gasteiger partial charge in [-0.1, -0.05) is 70.2 Å². The third-order valence-electron chi connectivity index (χ3n) is 4.89. The second kappa shape index (κ2) is 8.46. The largest absolute Gasteiger partial charge is 0.396 e. The molecule has 0 amide bonds. The third-order valence-corrected chi connectivity index (χ3v) is 6.04. The van der Waals surface area contributed by atoms with Crippen molar-refractivity contribution in [1.82, 2.24) is 0 Å². The Morgan fingerprint density at radius 3 is 2.28 bits per heavy atom. The average molecular weight is 361 g/mol. The van der Waals surface area contributed by atoms with Crippen LogP contribution >= 0.6 is 11.3 Å². The SMILES string of the molecule is Cc1c(CCO)sc[n+]1Cc1ccc(C(CC(C)(C)C)C(C)C)cc1. The zero-order valence-corrected chi connectivity index (χ0v) is 17.5. The highest BCUT2D eigenvalue weighted by molar-refractivity contribution is 7.09. The molecule has 0 aliphatic carbocycles. The number of aliphatic hydroxyl groups is 1. The summed E-state index contributed by atoms with van der Waals surface area (Å²) in [5.41, 5.74) is 6.59. The van der Waals surface area contributed by atoms with Crippen LogP contribution in [-0.4, -0.2) is 11.7 Å². The van der Waals surface area contributed by atoms with Crippen LogP contribution in [0.15, 0.2) is 29.8 Å². The van der Waals surface area contributed by atoms with E-state index in [0.717, 1.165) is 13.0 Å². The standard InChI is InChI=1S/C22H34NOS/c1-16(2)20(13-22(4,5)6)19-9-7-18(8-10-19)14-23-15-25-21(11-12-24)17(23)3/h7-10,15-16,20,24H,11-14H2,1-6H3/q+1. The molecule has 0 saturated heterocycles. The van der Waals surface area contributed by atoms with Crippen molar-refractivity contribution >= 4 is 11.3 Å². The molecule has 1 heterocycles. The van der Waals surface area contributed by atoms with E-state index in [9.17, 15) is 0 Å². The van der Waals surface area contributed by atoms with Gasteiger partial charge in [0.2, 0.25) is 5.51 Å². The van der Waals surface area contributed by atoms with Crippen LogP contribution in [0.4, 0.5) is 0 Å². The monoisotopic (exact) mass is 360 g/mol. The van der Waals surface area contributed by atoms with Crippen molar-refractivity contribution in [1.29, 1.82) is 0 Å². The number of rotatable bonds is 7. The number of hydrogen-bond acceptors (Lipinski definition) is 2. The maximum Gasteiger partial charge on any atom is 0.225 e. The maximum atomic E-state index is 9.15. The molecule has 0 aliphatic heterocycles. The molecule has 0 bridgehead atoms. The summed E-state index contributed by atoms with van der Waals surface area (Å²) in [4.78, 5) is 1.28. The van der Waals surface area contributed by atoms with Crippen LogP contribution in [0, 0.1) is 18.3 Å². The highest BCUT2D eigenvalue weighted by Gasteiger charge is 2.23. The van der Waals surface area contributed by atoms with E-state index in [4.69, 9.17) is 5.11 Å². The minimum atomic E-state index is 0.223. The Morgan fingerprint density at radius 2 is 1.76 bits per heavy atom. The number of hydrogen-bond donors (Lipinski definition) is 1. The molecule has 2 rings (SSSR count). The van der Waals surface area contributed by atoms with Gasteiger partial charge in [-0.2, -0.15) is 4.57 Å². The minimum Gasteiger partial charge on any atom is -0.396 e. The fourth-order valence-electron chi connectivity index (χ4n) is 3.41. The Morgan fingerprint density at radius 1 is 1.12 bits per heavy atom. The molecule has 0 spiro atoms. The lowest BCUT2D eigenvalue weighted by Gasteiger charge is -2.29. The first-order valence-electron chi connectivity index (χ1n) is 9.37. The normalized spacial score (nSPS) is 13.4. The summed E-state index contributed by atoms with van der Waals surface area (Å²) < 4.78 is 2.29. The molecule has 1 atom stereocenters. The fourth-order valence-corrected chi connectivity index (χ4v) is 4.40. The molecule has 2 nitrogen and oxygen atoms in total. The second-order valence-corrected chi connectivity index (χ2v) is 9.63. The molecule has 25 heavy (non-hydrogen) atoms. The number of thiazole rings is 1. The van der Waals surface area contributed by atoms with Gasteiger partial charge in [0.05, 0.1) is 4.88 Å². The number of benzene rings is 1. The first-order chi connectivity index (χ1) is 11.7. The molecule has 0 saturated carbocycles. The van der Waals surface area contributed by atoms with Crippen LogP contribution in [0.5, 0.6) is 0 Å². The van der Waals surface area contributed by atoms with Gasteiger partial charge in [-0.05, 0) is 29.2 Å². The molecule has 0 radical (unpaired) electrons. The first-order valence-corrected chi connectivity index (χ1v) is 10.3. The maximum absolute atomic E-state index is 9.15. The van der Waals surface area contributed by atoms with Gasteiger partial charge in [0.15, 0.2) is 12.2 Å². The van der Waals surface area contributed by atoms with Crippen molar-refractivity contribution in [2.75, 3.05) is 6.61 Å². The molecule has 0 fully saturated rings. The van der Waals surface area contributed by atoms with Crippen molar-refractivity contribution in [2.45, 2.75) is 66.8 Å². The lowest BCUT2D eigenvalue weighted by Crippen LogP contribution is -2.35.